The van der Waals surface area contributed by atoms with E-state index in [2.05, 4.69) is 15.9 Å². The zero-order chi connectivity index (χ0) is 10.3. The van der Waals surface area contributed by atoms with Crippen LogP contribution in [0.5, 0.6) is 5.75 Å². The highest BCUT2D eigenvalue weighted by Gasteiger charge is 2.26. The number of carbonyl (C=O) groups excluding carboxylic acids is 1. The number of carbonyl (C=O) groups is 1. The molecule has 0 N–H and O–H groups in total. The van der Waals surface area contributed by atoms with Gasteiger partial charge in [-0.15, -0.1) is 0 Å². The fourth-order valence-electron chi connectivity index (χ4n) is 1.51. The Morgan fingerprint density at radius 2 is 2.00 bits per heavy atom. The first kappa shape index (κ1) is 9.71. The molecule has 0 spiro atoms. The summed E-state index contributed by atoms with van der Waals surface area (Å²) in [5, 5.41) is 0. The summed E-state index contributed by atoms with van der Waals surface area (Å²) < 4.78 is 5.47. The smallest absolute Gasteiger partial charge is 0.183 e. The third-order valence-corrected chi connectivity index (χ3v) is 3.21. The minimum atomic E-state index is -0.197. The highest BCUT2D eigenvalue weighted by molar-refractivity contribution is 9.10. The van der Waals surface area contributed by atoms with Crippen LogP contribution < -0.4 is 4.74 Å². The third-order valence-electron chi connectivity index (χ3n) is 2.53. The Morgan fingerprint density at radius 3 is 2.71 bits per heavy atom. The van der Waals surface area contributed by atoms with E-state index in [1.54, 1.807) is 0 Å². The molecule has 74 valence electrons. The van der Waals surface area contributed by atoms with Crippen molar-refractivity contribution in [2.24, 2.45) is 0 Å². The Hall–Kier alpha value is -0.830. The molecule has 0 aliphatic carbocycles. The monoisotopic (exact) mass is 254 g/mol. The second-order valence-corrected chi connectivity index (χ2v) is 4.68. The summed E-state index contributed by atoms with van der Waals surface area (Å²) in [5.74, 6) is 0.836. The topological polar surface area (TPSA) is 26.3 Å². The van der Waals surface area contributed by atoms with E-state index in [9.17, 15) is 4.79 Å². The van der Waals surface area contributed by atoms with Gasteiger partial charge in [-0.1, -0.05) is 15.9 Å². The number of rotatable bonds is 0. The van der Waals surface area contributed by atoms with Gasteiger partial charge < -0.3 is 4.74 Å². The number of halogens is 1. The van der Waals surface area contributed by atoms with Gasteiger partial charge >= 0.3 is 0 Å². The van der Waals surface area contributed by atoms with Gasteiger partial charge in [-0.2, -0.15) is 0 Å². The maximum absolute atomic E-state index is 11.8. The predicted octanol–water partition coefficient (Wildman–Crippen LogP) is 2.64. The summed E-state index contributed by atoms with van der Waals surface area (Å²) in [6, 6.07) is 3.84. The van der Waals surface area contributed by atoms with E-state index >= 15 is 0 Å². The normalized spacial score (nSPS) is 20.2. The Morgan fingerprint density at radius 1 is 1.36 bits per heavy atom. The zero-order valence-corrected chi connectivity index (χ0v) is 9.72. The standard InChI is InChI=1S/C11H11BrO2/c1-6-3-8-10(4-7(6)2)14-5-9(12)11(8)13/h3-4,9H,5H2,1-2H3. The van der Waals surface area contributed by atoms with Gasteiger partial charge in [-0.05, 0) is 37.1 Å². The van der Waals surface area contributed by atoms with Crippen LogP contribution in [0.1, 0.15) is 21.5 Å². The minimum Gasteiger partial charge on any atom is -0.491 e. The van der Waals surface area contributed by atoms with Crippen LogP contribution in [0.15, 0.2) is 12.1 Å². The molecule has 1 aromatic carbocycles. The zero-order valence-electron chi connectivity index (χ0n) is 8.13. The first-order valence-electron chi connectivity index (χ1n) is 4.52. The highest BCUT2D eigenvalue weighted by atomic mass is 79.9. The van der Waals surface area contributed by atoms with Gasteiger partial charge in [-0.25, -0.2) is 0 Å². The quantitative estimate of drug-likeness (QED) is 0.666. The Bertz CT molecular complexity index is 399. The Labute approximate surface area is 91.4 Å². The molecule has 1 aromatic rings. The van der Waals surface area contributed by atoms with Crippen molar-refractivity contribution in [2.75, 3.05) is 6.61 Å². The van der Waals surface area contributed by atoms with Crippen LogP contribution in [0.25, 0.3) is 0 Å². The number of alkyl halides is 1. The maximum atomic E-state index is 11.8. The van der Waals surface area contributed by atoms with Crippen molar-refractivity contribution in [1.82, 2.24) is 0 Å². The number of Topliss-reactive ketones (excluding diaryl/α,β-unsaturated/α-hetero) is 1. The SMILES string of the molecule is Cc1cc2c(cc1C)C(=O)C(Br)CO2. The average Bonchev–Trinajstić information content (AvgIpc) is 2.15. The summed E-state index contributed by atoms with van der Waals surface area (Å²) in [6.45, 7) is 4.44. The van der Waals surface area contributed by atoms with Crippen LogP contribution in [0.4, 0.5) is 0 Å². The second-order valence-electron chi connectivity index (χ2n) is 3.58. The number of ketones is 1. The molecule has 0 fully saturated rings. The van der Waals surface area contributed by atoms with Gasteiger partial charge in [0, 0.05) is 0 Å². The first-order chi connectivity index (χ1) is 6.59. The van der Waals surface area contributed by atoms with Crippen molar-refractivity contribution >= 4 is 21.7 Å². The van der Waals surface area contributed by atoms with Crippen molar-refractivity contribution < 1.29 is 9.53 Å². The molecule has 1 aliphatic heterocycles. The van der Waals surface area contributed by atoms with E-state index in [1.165, 1.54) is 0 Å². The summed E-state index contributed by atoms with van der Waals surface area (Å²) in [5.41, 5.74) is 2.98. The van der Waals surface area contributed by atoms with Crippen LogP contribution in [-0.4, -0.2) is 17.2 Å². The Balaban J connectivity index is 2.56. The van der Waals surface area contributed by atoms with E-state index in [1.807, 2.05) is 26.0 Å². The number of benzene rings is 1. The molecule has 0 saturated carbocycles. The average molecular weight is 255 g/mol. The number of hydrogen-bond donors (Lipinski definition) is 0. The summed E-state index contributed by atoms with van der Waals surface area (Å²) in [4.78, 5) is 11.6. The van der Waals surface area contributed by atoms with E-state index in [0.29, 0.717) is 17.9 Å². The lowest BCUT2D eigenvalue weighted by molar-refractivity contribution is 0.0946. The van der Waals surface area contributed by atoms with Gasteiger partial charge in [0.1, 0.15) is 17.2 Å². The number of hydrogen-bond acceptors (Lipinski definition) is 2. The van der Waals surface area contributed by atoms with Crippen LogP contribution in [0.2, 0.25) is 0 Å². The first-order valence-corrected chi connectivity index (χ1v) is 5.43. The lowest BCUT2D eigenvalue weighted by atomic mass is 9.99. The molecular weight excluding hydrogens is 244 g/mol. The van der Waals surface area contributed by atoms with Crippen molar-refractivity contribution in [3.63, 3.8) is 0 Å². The van der Waals surface area contributed by atoms with Gasteiger partial charge in [0.05, 0.1) is 5.56 Å². The fraction of sp³-hybridized carbons (Fsp3) is 0.364. The molecule has 0 radical (unpaired) electrons. The molecule has 1 atom stereocenters. The maximum Gasteiger partial charge on any atom is 0.183 e. The van der Waals surface area contributed by atoms with Crippen LogP contribution in [0.3, 0.4) is 0 Å². The lowest BCUT2D eigenvalue weighted by Crippen LogP contribution is -2.28. The summed E-state index contributed by atoms with van der Waals surface area (Å²) in [7, 11) is 0. The molecular formula is C11H11BrO2. The summed E-state index contributed by atoms with van der Waals surface area (Å²) >= 11 is 3.29. The van der Waals surface area contributed by atoms with Gasteiger partial charge in [0.15, 0.2) is 5.78 Å². The van der Waals surface area contributed by atoms with E-state index in [4.69, 9.17) is 4.74 Å². The largest absolute Gasteiger partial charge is 0.491 e. The van der Waals surface area contributed by atoms with E-state index < -0.39 is 0 Å². The minimum absolute atomic E-state index is 0.120. The van der Waals surface area contributed by atoms with Crippen molar-refractivity contribution in [2.45, 2.75) is 18.7 Å². The van der Waals surface area contributed by atoms with Crippen LogP contribution in [-0.2, 0) is 0 Å². The van der Waals surface area contributed by atoms with Gasteiger partial charge in [0.2, 0.25) is 0 Å². The number of ether oxygens (including phenoxy) is 1. The molecule has 14 heavy (non-hydrogen) atoms. The molecule has 1 heterocycles. The fourth-order valence-corrected chi connectivity index (χ4v) is 1.89. The number of fused-ring (bicyclic) bond motifs is 1. The molecule has 0 amide bonds. The molecule has 0 bridgehead atoms. The van der Waals surface area contributed by atoms with E-state index in [0.717, 1.165) is 11.1 Å². The third kappa shape index (κ3) is 1.46. The second kappa shape index (κ2) is 3.39. The van der Waals surface area contributed by atoms with Crippen molar-refractivity contribution in [3.05, 3.63) is 28.8 Å². The van der Waals surface area contributed by atoms with E-state index in [-0.39, 0.29) is 10.6 Å². The molecule has 2 rings (SSSR count). The van der Waals surface area contributed by atoms with Crippen molar-refractivity contribution in [3.8, 4) is 5.75 Å². The van der Waals surface area contributed by atoms with Gasteiger partial charge in [-0.3, -0.25) is 4.79 Å². The Kier molecular flexibility index (Phi) is 2.35. The van der Waals surface area contributed by atoms with Crippen LogP contribution >= 0.6 is 15.9 Å². The lowest BCUT2D eigenvalue weighted by Gasteiger charge is -2.21. The molecule has 1 unspecified atom stereocenters. The molecule has 2 nitrogen and oxygen atoms in total. The molecule has 3 heteroatoms. The molecule has 0 saturated heterocycles. The van der Waals surface area contributed by atoms with Crippen molar-refractivity contribution in [1.29, 1.82) is 0 Å². The molecule has 1 aliphatic rings. The highest BCUT2D eigenvalue weighted by Crippen LogP contribution is 2.29. The summed E-state index contributed by atoms with van der Waals surface area (Å²) in [6.07, 6.45) is 0. The number of aryl methyl sites for hydroxylation is 2. The van der Waals surface area contributed by atoms with Gasteiger partial charge in [0.25, 0.3) is 0 Å². The predicted molar refractivity (Wildman–Crippen MR) is 58.5 cm³/mol. The molecule has 0 aromatic heterocycles. The van der Waals surface area contributed by atoms with Crippen LogP contribution in [0, 0.1) is 13.8 Å².